The summed E-state index contributed by atoms with van der Waals surface area (Å²) in [6.07, 6.45) is 4.43. The second-order valence-electron chi connectivity index (χ2n) is 3.41. The number of amides is 2. The molecule has 0 bridgehead atoms. The van der Waals surface area contributed by atoms with E-state index in [-0.39, 0.29) is 17.7 Å². The lowest BCUT2D eigenvalue weighted by Crippen LogP contribution is -2.33. The van der Waals surface area contributed by atoms with Crippen LogP contribution >= 0.6 is 0 Å². The van der Waals surface area contributed by atoms with Crippen LogP contribution in [0.15, 0.2) is 0 Å². The second kappa shape index (κ2) is 4.24. The summed E-state index contributed by atoms with van der Waals surface area (Å²) in [4.78, 5) is 22.2. The third-order valence-corrected chi connectivity index (χ3v) is 2.25. The number of hydrogen-bond acceptors (Lipinski definition) is 2. The lowest BCUT2D eigenvalue weighted by molar-refractivity contribution is -0.132. The zero-order valence-corrected chi connectivity index (χ0v) is 7.43. The van der Waals surface area contributed by atoms with Gasteiger partial charge in [0.15, 0.2) is 0 Å². The van der Waals surface area contributed by atoms with Crippen molar-refractivity contribution in [1.29, 1.82) is 0 Å². The van der Waals surface area contributed by atoms with Crippen LogP contribution in [-0.4, -0.2) is 11.8 Å². The van der Waals surface area contributed by atoms with E-state index in [1.807, 2.05) is 6.92 Å². The fourth-order valence-electron chi connectivity index (χ4n) is 1.37. The van der Waals surface area contributed by atoms with E-state index in [1.165, 1.54) is 0 Å². The van der Waals surface area contributed by atoms with Gasteiger partial charge in [-0.05, 0) is 12.8 Å². The molecule has 1 rings (SSSR count). The van der Waals surface area contributed by atoms with Gasteiger partial charge in [0.2, 0.25) is 11.8 Å². The van der Waals surface area contributed by atoms with Crippen LogP contribution in [0.5, 0.6) is 0 Å². The van der Waals surface area contributed by atoms with Crippen molar-refractivity contribution < 1.29 is 9.59 Å². The summed E-state index contributed by atoms with van der Waals surface area (Å²) in [5.74, 6) is -0.234. The van der Waals surface area contributed by atoms with E-state index in [1.54, 1.807) is 0 Å². The van der Waals surface area contributed by atoms with Crippen molar-refractivity contribution in [3.05, 3.63) is 0 Å². The molecule has 1 aliphatic heterocycles. The Bertz CT molecular complexity index is 189. The summed E-state index contributed by atoms with van der Waals surface area (Å²) >= 11 is 0. The van der Waals surface area contributed by atoms with Gasteiger partial charge in [-0.15, -0.1) is 0 Å². The molecule has 68 valence electrons. The molecule has 0 aromatic carbocycles. The average molecular weight is 169 g/mol. The van der Waals surface area contributed by atoms with E-state index in [2.05, 4.69) is 5.32 Å². The Balaban J connectivity index is 2.52. The molecule has 0 radical (unpaired) electrons. The maximum absolute atomic E-state index is 11.2. The van der Waals surface area contributed by atoms with Gasteiger partial charge in [-0.2, -0.15) is 0 Å². The van der Waals surface area contributed by atoms with Crippen LogP contribution in [-0.2, 0) is 9.59 Å². The average Bonchev–Trinajstić information content (AvgIpc) is 2.07. The van der Waals surface area contributed by atoms with Crippen molar-refractivity contribution in [2.75, 3.05) is 0 Å². The highest BCUT2D eigenvalue weighted by molar-refractivity contribution is 5.96. The first-order chi connectivity index (χ1) is 5.70. The van der Waals surface area contributed by atoms with E-state index >= 15 is 0 Å². The highest BCUT2D eigenvalue weighted by atomic mass is 16.2. The molecule has 1 atom stereocenters. The molecule has 1 N–H and O–H groups in total. The van der Waals surface area contributed by atoms with Crippen molar-refractivity contribution in [2.45, 2.75) is 39.0 Å². The van der Waals surface area contributed by atoms with Gasteiger partial charge in [0.05, 0.1) is 0 Å². The van der Waals surface area contributed by atoms with E-state index in [9.17, 15) is 9.59 Å². The smallest absolute Gasteiger partial charge is 0.229 e. The van der Waals surface area contributed by atoms with Crippen molar-refractivity contribution in [2.24, 2.45) is 5.92 Å². The molecule has 0 aromatic rings. The summed E-state index contributed by atoms with van der Waals surface area (Å²) < 4.78 is 0. The van der Waals surface area contributed by atoms with Crippen LogP contribution < -0.4 is 5.32 Å². The molecular formula is C9H15NO2. The van der Waals surface area contributed by atoms with E-state index in [0.717, 1.165) is 25.7 Å². The standard InChI is InChI=1S/C9H15NO2/c1-7-5-3-2-4-6-8(11)10-9(7)12/h7H,2-6H2,1H3,(H,10,11,12). The largest absolute Gasteiger partial charge is 0.296 e. The summed E-state index contributed by atoms with van der Waals surface area (Å²) in [6.45, 7) is 1.87. The minimum Gasteiger partial charge on any atom is -0.296 e. The number of carbonyl (C=O) groups is 2. The van der Waals surface area contributed by atoms with Crippen molar-refractivity contribution in [3.8, 4) is 0 Å². The van der Waals surface area contributed by atoms with Crippen LogP contribution in [0, 0.1) is 5.92 Å². The Morgan fingerprint density at radius 2 is 2.00 bits per heavy atom. The maximum Gasteiger partial charge on any atom is 0.229 e. The van der Waals surface area contributed by atoms with Crippen molar-refractivity contribution >= 4 is 11.8 Å². The fourth-order valence-corrected chi connectivity index (χ4v) is 1.37. The van der Waals surface area contributed by atoms with Crippen molar-refractivity contribution in [3.63, 3.8) is 0 Å². The molecule has 0 aliphatic carbocycles. The number of imide groups is 1. The predicted molar refractivity (Wildman–Crippen MR) is 45.4 cm³/mol. The zero-order valence-electron chi connectivity index (χ0n) is 7.43. The monoisotopic (exact) mass is 169 g/mol. The van der Waals surface area contributed by atoms with Crippen LogP contribution in [0.25, 0.3) is 0 Å². The van der Waals surface area contributed by atoms with Crippen LogP contribution in [0.3, 0.4) is 0 Å². The highest BCUT2D eigenvalue weighted by Gasteiger charge is 2.16. The number of nitrogens with one attached hydrogen (secondary N) is 1. The molecule has 1 aliphatic rings. The van der Waals surface area contributed by atoms with Gasteiger partial charge in [0.25, 0.3) is 0 Å². The third kappa shape index (κ3) is 2.64. The second-order valence-corrected chi connectivity index (χ2v) is 3.41. The normalized spacial score (nSPS) is 26.9. The molecule has 0 aromatic heterocycles. The Hall–Kier alpha value is -0.860. The van der Waals surface area contributed by atoms with Gasteiger partial charge in [-0.25, -0.2) is 0 Å². The minimum atomic E-state index is -0.117. The molecule has 1 unspecified atom stereocenters. The third-order valence-electron chi connectivity index (χ3n) is 2.25. The molecule has 0 saturated carbocycles. The Kier molecular flexibility index (Phi) is 3.26. The van der Waals surface area contributed by atoms with Crippen LogP contribution in [0.4, 0.5) is 0 Å². The van der Waals surface area contributed by atoms with E-state index < -0.39 is 0 Å². The number of rotatable bonds is 0. The highest BCUT2D eigenvalue weighted by Crippen LogP contribution is 2.12. The van der Waals surface area contributed by atoms with Crippen LogP contribution in [0.1, 0.15) is 39.0 Å². The Morgan fingerprint density at radius 1 is 1.25 bits per heavy atom. The molecule has 1 heterocycles. The molecule has 2 amide bonds. The molecule has 12 heavy (non-hydrogen) atoms. The Labute approximate surface area is 72.5 Å². The first-order valence-corrected chi connectivity index (χ1v) is 4.54. The summed E-state index contributed by atoms with van der Waals surface area (Å²) in [7, 11) is 0. The Morgan fingerprint density at radius 3 is 2.75 bits per heavy atom. The SMILES string of the molecule is CC1CCCCCC(=O)NC1=O. The first-order valence-electron chi connectivity index (χ1n) is 4.54. The maximum atomic E-state index is 11.2. The predicted octanol–water partition coefficient (Wildman–Crippen LogP) is 1.23. The molecule has 1 saturated heterocycles. The number of carbonyl (C=O) groups excluding carboxylic acids is 2. The zero-order chi connectivity index (χ0) is 8.97. The molecule has 3 heteroatoms. The lowest BCUT2D eigenvalue weighted by Gasteiger charge is -2.07. The van der Waals surface area contributed by atoms with Gasteiger partial charge in [0.1, 0.15) is 0 Å². The van der Waals surface area contributed by atoms with E-state index in [4.69, 9.17) is 0 Å². The van der Waals surface area contributed by atoms with Gasteiger partial charge in [0, 0.05) is 12.3 Å². The van der Waals surface area contributed by atoms with Gasteiger partial charge < -0.3 is 0 Å². The summed E-state index contributed by atoms with van der Waals surface area (Å²) in [6, 6.07) is 0. The molecule has 3 nitrogen and oxygen atoms in total. The molecule has 0 spiro atoms. The van der Waals surface area contributed by atoms with Gasteiger partial charge >= 0.3 is 0 Å². The lowest BCUT2D eigenvalue weighted by atomic mass is 10.0. The minimum absolute atomic E-state index is 0.00736. The quantitative estimate of drug-likeness (QED) is 0.554. The molecule has 1 fully saturated rings. The van der Waals surface area contributed by atoms with Gasteiger partial charge in [-0.3, -0.25) is 14.9 Å². The summed E-state index contributed by atoms with van der Waals surface area (Å²) in [5, 5.41) is 2.39. The topological polar surface area (TPSA) is 46.2 Å². The fraction of sp³-hybridized carbons (Fsp3) is 0.778. The van der Waals surface area contributed by atoms with Crippen molar-refractivity contribution in [1.82, 2.24) is 5.32 Å². The van der Waals surface area contributed by atoms with Crippen LogP contribution in [0.2, 0.25) is 0 Å². The number of hydrogen-bond donors (Lipinski definition) is 1. The van der Waals surface area contributed by atoms with Gasteiger partial charge in [-0.1, -0.05) is 19.8 Å². The molecular weight excluding hydrogens is 154 g/mol. The van der Waals surface area contributed by atoms with E-state index in [0.29, 0.717) is 6.42 Å². The first kappa shape index (κ1) is 9.23. The summed E-state index contributed by atoms with van der Waals surface area (Å²) in [5.41, 5.74) is 0.